The Bertz CT molecular complexity index is 448. The van der Waals surface area contributed by atoms with E-state index >= 15 is 0 Å². The summed E-state index contributed by atoms with van der Waals surface area (Å²) in [5, 5.41) is 11.5. The highest BCUT2D eigenvalue weighted by Gasteiger charge is 2.46. The van der Waals surface area contributed by atoms with Crippen LogP contribution in [0.5, 0.6) is 0 Å². The normalized spacial score (nSPS) is 28.1. The van der Waals surface area contributed by atoms with Gasteiger partial charge in [0.05, 0.1) is 12.3 Å². The molecule has 16 heavy (non-hydrogen) atoms. The molecule has 0 amide bonds. The quantitative estimate of drug-likeness (QED) is 0.803. The Morgan fingerprint density at radius 1 is 1.38 bits per heavy atom. The van der Waals surface area contributed by atoms with Gasteiger partial charge < -0.3 is 10.0 Å². The molecule has 1 aromatic rings. The number of amidine groups is 1. The summed E-state index contributed by atoms with van der Waals surface area (Å²) in [5.41, 5.74) is -0.290. The van der Waals surface area contributed by atoms with Gasteiger partial charge in [0, 0.05) is 12.1 Å². The number of benzene rings is 1. The number of hydrogen-bond donors (Lipinski definition) is 1. The van der Waals surface area contributed by atoms with Crippen molar-refractivity contribution >= 4 is 16.9 Å². The van der Waals surface area contributed by atoms with Crippen molar-refractivity contribution in [3.63, 3.8) is 0 Å². The molecular weight excluding hydrogens is 227 g/mol. The van der Waals surface area contributed by atoms with E-state index in [1.165, 1.54) is 12.1 Å². The third kappa shape index (κ3) is 1.35. The molecule has 2 aliphatic heterocycles. The minimum Gasteiger partial charge on any atom is -0.366 e. The molecular formula is C11H11FN2OS. The monoisotopic (exact) mass is 238 g/mol. The predicted octanol–water partition coefficient (Wildman–Crippen LogP) is 1.39. The van der Waals surface area contributed by atoms with E-state index in [0.29, 0.717) is 5.75 Å². The molecule has 3 nitrogen and oxygen atoms in total. The zero-order valence-electron chi connectivity index (χ0n) is 8.56. The molecule has 3 rings (SSSR count). The third-order valence-corrected chi connectivity index (χ3v) is 4.11. The molecule has 0 spiro atoms. The lowest BCUT2D eigenvalue weighted by molar-refractivity contribution is -0.0426. The summed E-state index contributed by atoms with van der Waals surface area (Å²) in [5.74, 6) is 0.269. The zero-order valence-corrected chi connectivity index (χ0v) is 9.38. The lowest BCUT2D eigenvalue weighted by Crippen LogP contribution is -2.43. The fourth-order valence-corrected chi connectivity index (χ4v) is 3.33. The molecule has 2 heterocycles. The van der Waals surface area contributed by atoms with Crippen molar-refractivity contribution < 1.29 is 9.50 Å². The minimum atomic E-state index is -1.02. The standard InChI is InChI=1S/C11H11FN2OS/c12-9-3-1-8(2-4-9)11(15)7-16-10-13-5-6-14(10)11/h1-4,15H,5-7H2/t11-/m1/s1. The van der Waals surface area contributed by atoms with Crippen molar-refractivity contribution in [3.05, 3.63) is 35.6 Å². The Morgan fingerprint density at radius 3 is 2.88 bits per heavy atom. The largest absolute Gasteiger partial charge is 0.366 e. The van der Waals surface area contributed by atoms with Crippen LogP contribution in [0.25, 0.3) is 0 Å². The lowest BCUT2D eigenvalue weighted by Gasteiger charge is -2.31. The summed E-state index contributed by atoms with van der Waals surface area (Å²) in [6.07, 6.45) is 0. The Hall–Kier alpha value is -1.07. The van der Waals surface area contributed by atoms with Crippen LogP contribution in [0.15, 0.2) is 29.3 Å². The van der Waals surface area contributed by atoms with Gasteiger partial charge >= 0.3 is 0 Å². The minimum absolute atomic E-state index is 0.284. The second-order valence-electron chi connectivity index (χ2n) is 3.93. The molecule has 0 bridgehead atoms. The van der Waals surface area contributed by atoms with Crippen molar-refractivity contribution in [1.82, 2.24) is 4.90 Å². The highest BCUT2D eigenvalue weighted by Crippen LogP contribution is 2.40. The molecule has 0 aromatic heterocycles. The van der Waals surface area contributed by atoms with E-state index in [2.05, 4.69) is 4.99 Å². The van der Waals surface area contributed by atoms with Gasteiger partial charge in [-0.05, 0) is 12.1 Å². The van der Waals surface area contributed by atoms with Crippen LogP contribution in [-0.4, -0.2) is 34.0 Å². The summed E-state index contributed by atoms with van der Waals surface area (Å²) < 4.78 is 12.8. The van der Waals surface area contributed by atoms with Crippen molar-refractivity contribution in [2.75, 3.05) is 18.8 Å². The maximum absolute atomic E-state index is 12.8. The molecule has 0 radical (unpaired) electrons. The van der Waals surface area contributed by atoms with E-state index in [-0.39, 0.29) is 5.82 Å². The summed E-state index contributed by atoms with van der Waals surface area (Å²) in [4.78, 5) is 6.20. The molecule has 0 aliphatic carbocycles. The van der Waals surface area contributed by atoms with Crippen molar-refractivity contribution in [2.45, 2.75) is 5.72 Å². The van der Waals surface area contributed by atoms with Crippen molar-refractivity contribution in [3.8, 4) is 0 Å². The van der Waals surface area contributed by atoms with Gasteiger partial charge in [-0.3, -0.25) is 4.99 Å². The fourth-order valence-electron chi connectivity index (χ4n) is 2.09. The first-order valence-electron chi connectivity index (χ1n) is 5.13. The maximum atomic E-state index is 12.8. The summed E-state index contributed by atoms with van der Waals surface area (Å²) in [6.45, 7) is 1.46. The molecule has 5 heteroatoms. The predicted molar refractivity (Wildman–Crippen MR) is 61.8 cm³/mol. The molecule has 1 atom stereocenters. The number of aliphatic hydroxyl groups is 1. The van der Waals surface area contributed by atoms with Crippen molar-refractivity contribution in [2.24, 2.45) is 4.99 Å². The van der Waals surface area contributed by atoms with Crippen LogP contribution in [-0.2, 0) is 5.72 Å². The maximum Gasteiger partial charge on any atom is 0.175 e. The van der Waals surface area contributed by atoms with Gasteiger partial charge in [0.1, 0.15) is 5.82 Å². The second-order valence-corrected chi connectivity index (χ2v) is 4.87. The smallest absolute Gasteiger partial charge is 0.175 e. The molecule has 1 N–H and O–H groups in total. The number of nitrogens with zero attached hydrogens (tertiary/aromatic N) is 2. The SMILES string of the molecule is O[C@@]1(c2ccc(F)cc2)CSC2=NCCN21. The van der Waals surface area contributed by atoms with E-state index < -0.39 is 5.72 Å². The highest BCUT2D eigenvalue weighted by molar-refractivity contribution is 8.14. The first kappa shape index (κ1) is 10.1. The van der Waals surface area contributed by atoms with E-state index in [0.717, 1.165) is 23.8 Å². The second kappa shape index (κ2) is 3.46. The van der Waals surface area contributed by atoms with Gasteiger partial charge in [0.2, 0.25) is 0 Å². The van der Waals surface area contributed by atoms with E-state index in [9.17, 15) is 9.50 Å². The highest BCUT2D eigenvalue weighted by atomic mass is 32.2. The molecule has 1 aromatic carbocycles. The number of rotatable bonds is 1. The third-order valence-electron chi connectivity index (χ3n) is 2.96. The van der Waals surface area contributed by atoms with Gasteiger partial charge in [-0.1, -0.05) is 23.9 Å². The fraction of sp³-hybridized carbons (Fsp3) is 0.364. The van der Waals surface area contributed by atoms with Crippen LogP contribution in [0.2, 0.25) is 0 Å². The number of aliphatic imine (C=N–C) groups is 1. The van der Waals surface area contributed by atoms with E-state index in [1.807, 2.05) is 4.90 Å². The van der Waals surface area contributed by atoms with Gasteiger partial charge in [-0.15, -0.1) is 0 Å². The molecule has 0 saturated carbocycles. The first-order chi connectivity index (χ1) is 7.70. The van der Waals surface area contributed by atoms with Crippen LogP contribution < -0.4 is 0 Å². The Kier molecular flexibility index (Phi) is 2.19. The zero-order chi connectivity index (χ0) is 11.2. The van der Waals surface area contributed by atoms with E-state index in [4.69, 9.17) is 0 Å². The Morgan fingerprint density at radius 2 is 2.12 bits per heavy atom. The number of fused-ring (bicyclic) bond motifs is 1. The molecule has 2 aliphatic rings. The van der Waals surface area contributed by atoms with Crippen LogP contribution in [0.4, 0.5) is 4.39 Å². The lowest BCUT2D eigenvalue weighted by atomic mass is 10.0. The van der Waals surface area contributed by atoms with Crippen LogP contribution >= 0.6 is 11.8 Å². The molecule has 0 unspecified atom stereocenters. The van der Waals surface area contributed by atoms with Gasteiger partial charge in [-0.2, -0.15) is 0 Å². The number of hydrogen-bond acceptors (Lipinski definition) is 4. The van der Waals surface area contributed by atoms with Crippen LogP contribution in [0.1, 0.15) is 5.56 Å². The number of thioether (sulfide) groups is 1. The van der Waals surface area contributed by atoms with E-state index in [1.54, 1.807) is 23.9 Å². The Labute approximate surface area is 97.0 Å². The molecule has 1 fully saturated rings. The summed E-state index contributed by atoms with van der Waals surface area (Å²) in [7, 11) is 0. The van der Waals surface area contributed by atoms with Crippen LogP contribution in [0.3, 0.4) is 0 Å². The van der Waals surface area contributed by atoms with Gasteiger partial charge in [-0.25, -0.2) is 4.39 Å². The van der Waals surface area contributed by atoms with Gasteiger partial charge in [0.25, 0.3) is 0 Å². The molecule has 84 valence electrons. The average molecular weight is 238 g/mol. The van der Waals surface area contributed by atoms with Gasteiger partial charge in [0.15, 0.2) is 10.9 Å². The Balaban J connectivity index is 1.99. The molecule has 1 saturated heterocycles. The topological polar surface area (TPSA) is 35.8 Å². The van der Waals surface area contributed by atoms with Crippen LogP contribution in [0, 0.1) is 5.82 Å². The summed E-state index contributed by atoms with van der Waals surface area (Å²) >= 11 is 1.55. The first-order valence-corrected chi connectivity index (χ1v) is 6.12. The number of halogens is 1. The average Bonchev–Trinajstić information content (AvgIpc) is 2.85. The summed E-state index contributed by atoms with van der Waals surface area (Å²) in [6, 6.07) is 6.03. The van der Waals surface area contributed by atoms with Crippen molar-refractivity contribution in [1.29, 1.82) is 0 Å².